The molecule has 156 valence electrons. The number of hydrogen-bond acceptors (Lipinski definition) is 7. The van der Waals surface area contributed by atoms with Gasteiger partial charge in [-0.15, -0.1) is 0 Å². The molecule has 0 aromatic heterocycles. The smallest absolute Gasteiger partial charge is 0.338 e. The highest BCUT2D eigenvalue weighted by Crippen LogP contribution is 2.31. The predicted molar refractivity (Wildman–Crippen MR) is 110 cm³/mol. The summed E-state index contributed by atoms with van der Waals surface area (Å²) in [7, 11) is 1.53. The first-order valence-electron chi connectivity index (χ1n) is 9.16. The van der Waals surface area contributed by atoms with Gasteiger partial charge in [-0.25, -0.2) is 4.79 Å². The van der Waals surface area contributed by atoms with E-state index in [4.69, 9.17) is 4.74 Å². The zero-order valence-corrected chi connectivity index (χ0v) is 16.4. The van der Waals surface area contributed by atoms with Crippen molar-refractivity contribution < 1.29 is 24.0 Å². The maximum absolute atomic E-state index is 12.8. The number of nitro benzene ring substituents is 1. The number of nitro groups is 1. The molecule has 30 heavy (non-hydrogen) atoms. The van der Waals surface area contributed by atoms with E-state index in [2.05, 4.69) is 10.6 Å². The van der Waals surface area contributed by atoms with Crippen LogP contribution in [0.3, 0.4) is 0 Å². The number of fused-ring (bicyclic) bond motifs is 1. The monoisotopic (exact) mass is 412 g/mol. The minimum atomic E-state index is -0.862. The molecule has 0 saturated carbocycles. The molecule has 2 N–H and O–H groups in total. The molecule has 1 aliphatic heterocycles. The van der Waals surface area contributed by atoms with Gasteiger partial charge in [-0.1, -0.05) is 12.1 Å². The molecular weight excluding hydrogens is 392 g/mol. The third-order valence-corrected chi connectivity index (χ3v) is 4.65. The van der Waals surface area contributed by atoms with Crippen LogP contribution in [0.25, 0.3) is 0 Å². The van der Waals surface area contributed by atoms with E-state index in [1.54, 1.807) is 31.2 Å². The minimum absolute atomic E-state index is 0.0466. The number of para-hydroxylation sites is 2. The number of nitrogens with one attached hydrogen (secondary N) is 2. The van der Waals surface area contributed by atoms with Crippen LogP contribution in [0.15, 0.2) is 42.5 Å². The molecule has 1 atom stereocenters. The van der Waals surface area contributed by atoms with Crippen LogP contribution >= 0.6 is 0 Å². The second kappa shape index (κ2) is 8.60. The number of carbonyl (C=O) groups is 3. The number of anilines is 3. The molecule has 2 aromatic carbocycles. The Morgan fingerprint density at radius 1 is 1.30 bits per heavy atom. The minimum Gasteiger partial charge on any atom is -0.452 e. The Kier molecular flexibility index (Phi) is 5.95. The summed E-state index contributed by atoms with van der Waals surface area (Å²) < 4.78 is 5.10. The van der Waals surface area contributed by atoms with Crippen molar-refractivity contribution in [2.24, 2.45) is 0 Å². The lowest BCUT2D eigenvalue weighted by Crippen LogP contribution is -2.41. The fourth-order valence-corrected chi connectivity index (χ4v) is 3.27. The van der Waals surface area contributed by atoms with Crippen molar-refractivity contribution >= 4 is 40.5 Å². The first-order chi connectivity index (χ1) is 14.3. The lowest BCUT2D eigenvalue weighted by atomic mass is 10.1. The van der Waals surface area contributed by atoms with Gasteiger partial charge in [0.25, 0.3) is 11.6 Å². The van der Waals surface area contributed by atoms with E-state index in [-0.39, 0.29) is 29.3 Å². The molecule has 10 heteroatoms. The molecule has 2 aromatic rings. The molecule has 10 nitrogen and oxygen atoms in total. The van der Waals surface area contributed by atoms with E-state index in [1.165, 1.54) is 24.1 Å². The Balaban J connectivity index is 1.77. The number of ether oxygens (including phenoxy) is 1. The Morgan fingerprint density at radius 3 is 2.73 bits per heavy atom. The second-order valence-electron chi connectivity index (χ2n) is 6.70. The van der Waals surface area contributed by atoms with Gasteiger partial charge >= 0.3 is 5.97 Å². The second-order valence-corrected chi connectivity index (χ2v) is 6.70. The largest absolute Gasteiger partial charge is 0.452 e. The number of rotatable bonds is 5. The summed E-state index contributed by atoms with van der Waals surface area (Å²) in [5.41, 5.74) is 0.920. The van der Waals surface area contributed by atoms with Crippen molar-refractivity contribution in [2.75, 3.05) is 29.2 Å². The van der Waals surface area contributed by atoms with Crippen LogP contribution in [0.5, 0.6) is 0 Å². The average Bonchev–Trinajstić information content (AvgIpc) is 2.85. The lowest BCUT2D eigenvalue weighted by molar-refractivity contribution is -0.384. The van der Waals surface area contributed by atoms with Crippen LogP contribution in [0, 0.1) is 10.1 Å². The van der Waals surface area contributed by atoms with Gasteiger partial charge in [0.1, 0.15) is 5.69 Å². The van der Waals surface area contributed by atoms with E-state index in [9.17, 15) is 24.5 Å². The topological polar surface area (TPSA) is 131 Å². The summed E-state index contributed by atoms with van der Waals surface area (Å²) in [5.74, 6) is -1.60. The highest BCUT2D eigenvalue weighted by Gasteiger charge is 2.30. The van der Waals surface area contributed by atoms with Crippen LogP contribution in [-0.2, 0) is 14.3 Å². The van der Waals surface area contributed by atoms with E-state index >= 15 is 0 Å². The van der Waals surface area contributed by atoms with E-state index < -0.39 is 29.4 Å². The summed E-state index contributed by atoms with van der Waals surface area (Å²) in [5, 5.41) is 16.6. The molecule has 0 bridgehead atoms. The maximum atomic E-state index is 12.8. The van der Waals surface area contributed by atoms with Gasteiger partial charge < -0.3 is 20.3 Å². The molecule has 0 unspecified atom stereocenters. The van der Waals surface area contributed by atoms with E-state index in [0.717, 1.165) is 6.07 Å². The fourth-order valence-electron chi connectivity index (χ4n) is 3.27. The van der Waals surface area contributed by atoms with E-state index in [0.29, 0.717) is 11.4 Å². The van der Waals surface area contributed by atoms with Gasteiger partial charge in [-0.05, 0) is 31.2 Å². The normalized spacial score (nSPS) is 15.5. The standard InChI is InChI=1S/C20H20N4O6/c1-12-9-18(25)22-15-5-3-4-6-16(15)23(12)19(26)11-30-20(27)13-7-8-14(21-2)17(10-13)24(28)29/h3-8,10,12,21H,9,11H2,1-2H3,(H,22,25)/t12-/m0/s1. The quantitative estimate of drug-likeness (QED) is 0.438. The van der Waals surface area contributed by atoms with Crippen molar-refractivity contribution in [2.45, 2.75) is 19.4 Å². The van der Waals surface area contributed by atoms with Gasteiger partial charge in [0.05, 0.1) is 21.9 Å². The summed E-state index contributed by atoms with van der Waals surface area (Å²) in [6.45, 7) is 1.15. The molecule has 1 heterocycles. The van der Waals surface area contributed by atoms with Crippen molar-refractivity contribution in [1.29, 1.82) is 0 Å². The SMILES string of the molecule is CNc1ccc(C(=O)OCC(=O)N2c3ccccc3NC(=O)C[C@@H]2C)cc1[N+](=O)[O-]. The summed E-state index contributed by atoms with van der Waals surface area (Å²) in [6.07, 6.45) is 0.0893. The van der Waals surface area contributed by atoms with Gasteiger partial charge in [0.15, 0.2) is 6.61 Å². The maximum Gasteiger partial charge on any atom is 0.338 e. The molecule has 0 saturated heterocycles. The number of hydrogen-bond donors (Lipinski definition) is 2. The molecular formula is C20H20N4O6. The summed E-state index contributed by atoms with van der Waals surface area (Å²) in [4.78, 5) is 49.2. The van der Waals surface area contributed by atoms with Crippen LogP contribution in [0.1, 0.15) is 23.7 Å². The number of carbonyl (C=O) groups excluding carboxylic acids is 3. The zero-order valence-electron chi connectivity index (χ0n) is 16.4. The zero-order chi connectivity index (χ0) is 21.8. The fraction of sp³-hybridized carbons (Fsp3) is 0.250. The number of benzene rings is 2. The van der Waals surface area contributed by atoms with Crippen molar-refractivity contribution in [1.82, 2.24) is 0 Å². The number of nitrogens with zero attached hydrogens (tertiary/aromatic N) is 2. The molecule has 0 fully saturated rings. The van der Waals surface area contributed by atoms with Gasteiger partial charge in [0, 0.05) is 25.6 Å². The molecule has 0 spiro atoms. The predicted octanol–water partition coefficient (Wildman–Crippen LogP) is 2.56. The Morgan fingerprint density at radius 2 is 2.03 bits per heavy atom. The van der Waals surface area contributed by atoms with Crippen molar-refractivity contribution in [3.05, 3.63) is 58.1 Å². The van der Waals surface area contributed by atoms with Gasteiger partial charge in [-0.3, -0.25) is 19.7 Å². The van der Waals surface area contributed by atoms with Crippen molar-refractivity contribution in [3.8, 4) is 0 Å². The molecule has 0 radical (unpaired) electrons. The Labute approximate surface area is 172 Å². The van der Waals surface area contributed by atoms with Crippen LogP contribution in [-0.4, -0.2) is 42.4 Å². The Bertz CT molecular complexity index is 1020. The lowest BCUT2D eigenvalue weighted by Gasteiger charge is -2.27. The Hall–Kier alpha value is -3.95. The number of esters is 1. The third-order valence-electron chi connectivity index (χ3n) is 4.65. The van der Waals surface area contributed by atoms with Gasteiger partial charge in [-0.2, -0.15) is 0 Å². The van der Waals surface area contributed by atoms with Crippen molar-refractivity contribution in [3.63, 3.8) is 0 Å². The van der Waals surface area contributed by atoms with Crippen LogP contribution in [0.2, 0.25) is 0 Å². The highest BCUT2D eigenvalue weighted by atomic mass is 16.6. The average molecular weight is 412 g/mol. The van der Waals surface area contributed by atoms with Crippen LogP contribution in [0.4, 0.5) is 22.7 Å². The number of amides is 2. The first-order valence-corrected chi connectivity index (χ1v) is 9.16. The van der Waals surface area contributed by atoms with Gasteiger partial charge in [0.2, 0.25) is 5.91 Å². The molecule has 1 aliphatic rings. The van der Waals surface area contributed by atoms with Crippen LogP contribution < -0.4 is 15.5 Å². The molecule has 0 aliphatic carbocycles. The summed E-state index contributed by atoms with van der Waals surface area (Å²) >= 11 is 0. The third kappa shape index (κ3) is 4.22. The molecule has 2 amide bonds. The summed E-state index contributed by atoms with van der Waals surface area (Å²) in [6, 6.07) is 10.2. The highest BCUT2D eigenvalue weighted by molar-refractivity contribution is 6.05. The molecule has 3 rings (SSSR count). The first kappa shape index (κ1) is 20.8. The van der Waals surface area contributed by atoms with E-state index in [1.807, 2.05) is 0 Å².